The molecule has 0 saturated heterocycles. The summed E-state index contributed by atoms with van der Waals surface area (Å²) in [6.45, 7) is 5.80. The molecule has 1 aromatic carbocycles. The maximum absolute atomic E-state index is 12.8. The maximum Gasteiger partial charge on any atom is 0.191 e. The van der Waals surface area contributed by atoms with Crippen molar-refractivity contribution in [2.75, 3.05) is 19.7 Å². The number of aryl methyl sites for hydroxylation is 1. The molecule has 2 rings (SSSR count). The first-order chi connectivity index (χ1) is 12.1. The second-order valence-corrected chi connectivity index (χ2v) is 6.52. The van der Waals surface area contributed by atoms with Crippen LogP contribution in [0, 0.1) is 12.7 Å². The molecule has 0 aliphatic heterocycles. The number of hydrogen-bond acceptors (Lipinski definition) is 4. The molecule has 0 radical (unpaired) electrons. The molecule has 144 valence electrons. The van der Waals surface area contributed by atoms with Gasteiger partial charge in [0.25, 0.3) is 0 Å². The fourth-order valence-electron chi connectivity index (χ4n) is 2.06. The van der Waals surface area contributed by atoms with Gasteiger partial charge in [0.05, 0.1) is 6.54 Å². The third kappa shape index (κ3) is 7.88. The van der Waals surface area contributed by atoms with E-state index < -0.39 is 6.10 Å². The Morgan fingerprint density at radius 3 is 2.62 bits per heavy atom. The molecule has 2 aromatic rings. The molecule has 3 N–H and O–H groups in total. The zero-order valence-corrected chi connectivity index (χ0v) is 18.0. The van der Waals surface area contributed by atoms with Gasteiger partial charge in [0.15, 0.2) is 5.96 Å². The van der Waals surface area contributed by atoms with Crippen molar-refractivity contribution in [3.8, 4) is 5.75 Å². The Balaban J connectivity index is 0.00000338. The van der Waals surface area contributed by atoms with Crippen LogP contribution in [0.3, 0.4) is 0 Å². The van der Waals surface area contributed by atoms with Crippen LogP contribution in [0.2, 0.25) is 0 Å². The Morgan fingerprint density at radius 1 is 1.27 bits per heavy atom. The molecule has 1 aromatic heterocycles. The summed E-state index contributed by atoms with van der Waals surface area (Å²) >= 11 is 1.68. The van der Waals surface area contributed by atoms with Crippen LogP contribution < -0.4 is 15.4 Å². The quantitative estimate of drug-likeness (QED) is 0.300. The fraction of sp³-hybridized carbons (Fsp3) is 0.389. The number of halogens is 2. The van der Waals surface area contributed by atoms with Gasteiger partial charge in [0, 0.05) is 18.0 Å². The van der Waals surface area contributed by atoms with E-state index in [1.807, 2.05) is 6.92 Å². The van der Waals surface area contributed by atoms with E-state index in [1.165, 1.54) is 34.7 Å². The lowest BCUT2D eigenvalue weighted by molar-refractivity contribution is 0.110. The van der Waals surface area contributed by atoms with E-state index in [9.17, 15) is 9.50 Å². The summed E-state index contributed by atoms with van der Waals surface area (Å²) in [7, 11) is 0. The molecule has 1 heterocycles. The van der Waals surface area contributed by atoms with Crippen molar-refractivity contribution < 1.29 is 14.2 Å². The number of thiophene rings is 1. The average molecular weight is 493 g/mol. The second-order valence-electron chi connectivity index (χ2n) is 5.52. The van der Waals surface area contributed by atoms with Crippen molar-refractivity contribution in [1.82, 2.24) is 10.6 Å². The summed E-state index contributed by atoms with van der Waals surface area (Å²) in [5.74, 6) is 0.854. The minimum absolute atomic E-state index is 0. The Labute approximate surface area is 174 Å². The van der Waals surface area contributed by atoms with Gasteiger partial charge in [-0.2, -0.15) is 0 Å². The van der Waals surface area contributed by atoms with Crippen LogP contribution in [0.5, 0.6) is 5.75 Å². The lowest BCUT2D eigenvalue weighted by atomic mass is 10.3. The van der Waals surface area contributed by atoms with Crippen molar-refractivity contribution >= 4 is 41.3 Å². The number of guanidine groups is 1. The number of nitrogens with one attached hydrogen (secondary N) is 2. The van der Waals surface area contributed by atoms with E-state index in [0.29, 0.717) is 24.8 Å². The number of rotatable bonds is 8. The Bertz CT molecular complexity index is 679. The molecule has 0 spiro atoms. The monoisotopic (exact) mass is 493 g/mol. The molecule has 0 aliphatic carbocycles. The standard InChI is InChI=1S/C18H24FN3O2S.HI/c1-3-20-18(22-11-17-13(2)8-9-25-17)21-10-15(23)12-24-16-6-4-14(19)5-7-16;/h4-9,15,23H,3,10-12H2,1-2H3,(H2,20,21,22);1H. The number of aliphatic imine (C=N–C) groups is 1. The molecule has 0 saturated carbocycles. The number of aliphatic hydroxyl groups excluding tert-OH is 1. The molecule has 8 heteroatoms. The van der Waals surface area contributed by atoms with Gasteiger partial charge in [-0.1, -0.05) is 0 Å². The first-order valence-electron chi connectivity index (χ1n) is 8.20. The van der Waals surface area contributed by atoms with E-state index in [1.54, 1.807) is 11.3 Å². The van der Waals surface area contributed by atoms with Crippen LogP contribution in [-0.4, -0.2) is 36.9 Å². The second kappa shape index (κ2) is 12.1. The van der Waals surface area contributed by atoms with E-state index >= 15 is 0 Å². The van der Waals surface area contributed by atoms with Crippen LogP contribution in [0.25, 0.3) is 0 Å². The summed E-state index contributed by atoms with van der Waals surface area (Å²) in [6.07, 6.45) is -0.711. The van der Waals surface area contributed by atoms with Crippen molar-refractivity contribution in [1.29, 1.82) is 0 Å². The van der Waals surface area contributed by atoms with Crippen LogP contribution in [0.1, 0.15) is 17.4 Å². The van der Waals surface area contributed by atoms with Crippen molar-refractivity contribution in [2.24, 2.45) is 4.99 Å². The molecule has 0 fully saturated rings. The molecular weight excluding hydrogens is 468 g/mol. The molecule has 0 amide bonds. The third-order valence-electron chi connectivity index (χ3n) is 3.45. The van der Waals surface area contributed by atoms with Crippen molar-refractivity contribution in [3.05, 3.63) is 52.0 Å². The van der Waals surface area contributed by atoms with Crippen LogP contribution in [0.4, 0.5) is 4.39 Å². The number of aliphatic hydroxyl groups is 1. The molecule has 26 heavy (non-hydrogen) atoms. The predicted octanol–water partition coefficient (Wildman–Crippen LogP) is 3.31. The predicted molar refractivity (Wildman–Crippen MR) is 115 cm³/mol. The molecule has 0 bridgehead atoms. The van der Waals surface area contributed by atoms with Gasteiger partial charge in [0.2, 0.25) is 0 Å². The van der Waals surface area contributed by atoms with Crippen molar-refractivity contribution in [2.45, 2.75) is 26.5 Å². The summed E-state index contributed by atoms with van der Waals surface area (Å²) in [5.41, 5.74) is 1.23. The van der Waals surface area contributed by atoms with Gasteiger partial charge in [-0.05, 0) is 55.1 Å². The molecule has 1 atom stereocenters. The minimum atomic E-state index is -0.711. The topological polar surface area (TPSA) is 65.9 Å². The minimum Gasteiger partial charge on any atom is -0.491 e. The molecule has 1 unspecified atom stereocenters. The first kappa shape index (κ1) is 22.7. The third-order valence-corrected chi connectivity index (χ3v) is 4.46. The van der Waals surface area contributed by atoms with E-state index in [2.05, 4.69) is 34.0 Å². The normalized spacial score (nSPS) is 12.2. The lowest BCUT2D eigenvalue weighted by Gasteiger charge is -2.16. The van der Waals surface area contributed by atoms with Crippen molar-refractivity contribution in [3.63, 3.8) is 0 Å². The maximum atomic E-state index is 12.8. The summed E-state index contributed by atoms with van der Waals surface area (Å²) in [6, 6.07) is 7.78. The highest BCUT2D eigenvalue weighted by atomic mass is 127. The lowest BCUT2D eigenvalue weighted by Crippen LogP contribution is -2.42. The van der Waals surface area contributed by atoms with Crippen LogP contribution >= 0.6 is 35.3 Å². The Kier molecular flexibility index (Phi) is 10.5. The van der Waals surface area contributed by atoms with E-state index in [-0.39, 0.29) is 36.4 Å². The molecule has 0 aliphatic rings. The summed E-state index contributed by atoms with van der Waals surface area (Å²) < 4.78 is 18.3. The van der Waals surface area contributed by atoms with Gasteiger partial charge >= 0.3 is 0 Å². The zero-order valence-electron chi connectivity index (χ0n) is 14.9. The van der Waals surface area contributed by atoms with Gasteiger partial charge < -0.3 is 20.5 Å². The largest absolute Gasteiger partial charge is 0.491 e. The molecular formula is C18H25FIN3O2S. The highest BCUT2D eigenvalue weighted by Crippen LogP contribution is 2.16. The van der Waals surface area contributed by atoms with E-state index in [0.717, 1.165) is 6.54 Å². The number of nitrogens with zero attached hydrogens (tertiary/aromatic N) is 1. The number of ether oxygens (including phenoxy) is 1. The highest BCUT2D eigenvalue weighted by Gasteiger charge is 2.07. The zero-order chi connectivity index (χ0) is 18.1. The summed E-state index contributed by atoms with van der Waals surface area (Å²) in [5, 5.41) is 18.3. The Hall–Kier alpha value is -1.39. The number of hydrogen-bond donors (Lipinski definition) is 3. The van der Waals surface area contributed by atoms with Gasteiger partial charge in [-0.3, -0.25) is 0 Å². The summed E-state index contributed by atoms with van der Waals surface area (Å²) in [4.78, 5) is 5.75. The first-order valence-corrected chi connectivity index (χ1v) is 9.08. The van der Waals surface area contributed by atoms with Gasteiger partial charge in [-0.25, -0.2) is 9.38 Å². The molecule has 5 nitrogen and oxygen atoms in total. The Morgan fingerprint density at radius 2 is 2.00 bits per heavy atom. The van der Waals surface area contributed by atoms with Crippen LogP contribution in [0.15, 0.2) is 40.7 Å². The number of benzene rings is 1. The van der Waals surface area contributed by atoms with Crippen LogP contribution in [-0.2, 0) is 6.54 Å². The highest BCUT2D eigenvalue weighted by molar-refractivity contribution is 14.0. The smallest absolute Gasteiger partial charge is 0.191 e. The van der Waals surface area contributed by atoms with E-state index in [4.69, 9.17) is 4.74 Å². The average Bonchev–Trinajstić information content (AvgIpc) is 3.02. The SMILES string of the molecule is CCNC(=NCc1sccc1C)NCC(O)COc1ccc(F)cc1.I. The fourth-order valence-corrected chi connectivity index (χ4v) is 2.88. The van der Waals surface area contributed by atoms with Gasteiger partial charge in [-0.15, -0.1) is 35.3 Å². The van der Waals surface area contributed by atoms with Gasteiger partial charge in [0.1, 0.15) is 24.3 Å².